The molecule has 2 aliphatic heterocycles. The largest absolute Gasteiger partial charge is 0.383 e. The number of likely N-dealkylation sites (tertiary alicyclic amines) is 1. The quantitative estimate of drug-likeness (QED) is 0.241. The van der Waals surface area contributed by atoms with Crippen LogP contribution in [-0.2, 0) is 12.0 Å². The molecule has 2 aliphatic rings. The lowest BCUT2D eigenvalue weighted by atomic mass is 9.87. The summed E-state index contributed by atoms with van der Waals surface area (Å²) in [6.07, 6.45) is 6.19. The first-order chi connectivity index (χ1) is 15.2. The van der Waals surface area contributed by atoms with Crippen molar-refractivity contribution in [2.45, 2.75) is 31.4 Å². The lowest BCUT2D eigenvalue weighted by Gasteiger charge is -2.29. The maximum Gasteiger partial charge on any atom is 0.194 e. The molecule has 2 aromatic carbocycles. The Hall–Kier alpha value is -1.90. The lowest BCUT2D eigenvalue weighted by molar-refractivity contribution is 0.0465. The van der Waals surface area contributed by atoms with E-state index >= 15 is 0 Å². The van der Waals surface area contributed by atoms with E-state index in [-0.39, 0.29) is 24.0 Å². The molecule has 0 aliphatic carbocycles. The molecule has 2 N–H and O–H groups in total. The van der Waals surface area contributed by atoms with E-state index in [1.54, 1.807) is 0 Å². The number of nitrogens with zero attached hydrogens (tertiary/aromatic N) is 3. The number of nitrogens with one attached hydrogen (secondary N) is 1. The Balaban J connectivity index is 0.00000289. The van der Waals surface area contributed by atoms with Gasteiger partial charge in [-0.05, 0) is 24.5 Å². The monoisotopic (exact) mass is 546 g/mol. The zero-order chi connectivity index (χ0) is 21.5. The minimum absolute atomic E-state index is 0. The molecule has 5 nitrogen and oxygen atoms in total. The van der Waals surface area contributed by atoms with Crippen LogP contribution in [0.25, 0.3) is 0 Å². The third-order valence-corrected chi connectivity index (χ3v) is 6.30. The van der Waals surface area contributed by atoms with Crippen molar-refractivity contribution < 1.29 is 5.11 Å². The van der Waals surface area contributed by atoms with Crippen LogP contribution in [-0.4, -0.2) is 66.2 Å². The van der Waals surface area contributed by atoms with Gasteiger partial charge >= 0.3 is 0 Å². The molecule has 2 unspecified atom stereocenters. The van der Waals surface area contributed by atoms with E-state index in [9.17, 15) is 5.11 Å². The number of rotatable bonds is 7. The second-order valence-electron chi connectivity index (χ2n) is 8.54. The number of aliphatic imine (C=N–C) groups is 1. The third-order valence-electron chi connectivity index (χ3n) is 6.30. The van der Waals surface area contributed by atoms with E-state index in [0.29, 0.717) is 19.0 Å². The minimum atomic E-state index is -1.05. The van der Waals surface area contributed by atoms with Gasteiger partial charge < -0.3 is 15.3 Å². The van der Waals surface area contributed by atoms with Crippen molar-refractivity contribution >= 4 is 29.9 Å². The number of hydrogen-bond donors (Lipinski definition) is 2. The highest BCUT2D eigenvalue weighted by molar-refractivity contribution is 14.0. The summed E-state index contributed by atoms with van der Waals surface area (Å²) >= 11 is 0. The molecule has 0 bridgehead atoms. The predicted octanol–water partition coefficient (Wildman–Crippen LogP) is 3.65. The summed E-state index contributed by atoms with van der Waals surface area (Å²) in [7, 11) is 0. The smallest absolute Gasteiger partial charge is 0.194 e. The van der Waals surface area contributed by atoms with Crippen molar-refractivity contribution in [1.82, 2.24) is 15.1 Å². The van der Waals surface area contributed by atoms with Crippen LogP contribution in [0.3, 0.4) is 0 Å². The lowest BCUT2D eigenvalue weighted by Crippen LogP contribution is -2.44. The van der Waals surface area contributed by atoms with Crippen LogP contribution in [0.1, 0.15) is 24.5 Å². The maximum absolute atomic E-state index is 11.8. The summed E-state index contributed by atoms with van der Waals surface area (Å²) in [5, 5.41) is 15.2. The van der Waals surface area contributed by atoms with E-state index in [2.05, 4.69) is 46.3 Å². The zero-order valence-corrected chi connectivity index (χ0v) is 21.2. The van der Waals surface area contributed by atoms with Gasteiger partial charge in [0.25, 0.3) is 0 Å². The molecule has 0 radical (unpaired) electrons. The van der Waals surface area contributed by atoms with E-state index in [1.807, 2.05) is 48.5 Å². The second kappa shape index (κ2) is 11.8. The molecule has 6 heteroatoms. The molecule has 2 heterocycles. The van der Waals surface area contributed by atoms with Crippen molar-refractivity contribution in [3.63, 3.8) is 0 Å². The maximum atomic E-state index is 11.8. The van der Waals surface area contributed by atoms with Crippen molar-refractivity contribution in [2.24, 2.45) is 4.99 Å². The Morgan fingerprint density at radius 2 is 1.72 bits per heavy atom. The summed E-state index contributed by atoms with van der Waals surface area (Å²) < 4.78 is 0. The van der Waals surface area contributed by atoms with Crippen LogP contribution in [0.2, 0.25) is 0 Å². The predicted molar refractivity (Wildman–Crippen MR) is 143 cm³/mol. The van der Waals surface area contributed by atoms with Crippen molar-refractivity contribution in [2.75, 3.05) is 39.3 Å². The van der Waals surface area contributed by atoms with Gasteiger partial charge in [0.05, 0.1) is 6.54 Å². The normalized spacial score (nSPS) is 20.8. The number of aliphatic hydroxyl groups is 1. The molecule has 2 atom stereocenters. The molecule has 1 fully saturated rings. The summed E-state index contributed by atoms with van der Waals surface area (Å²) in [6, 6.07) is 20.7. The first kappa shape index (κ1) is 24.7. The fourth-order valence-corrected chi connectivity index (χ4v) is 4.59. The SMILES string of the molecule is CCNC(=NCC(O)(Cc1ccccc1)c1ccccc1)N1CCC(N2CC=CC2)C1.I. The average Bonchev–Trinajstić information content (AvgIpc) is 3.50. The van der Waals surface area contributed by atoms with Gasteiger partial charge in [-0.3, -0.25) is 4.90 Å². The molecule has 0 aromatic heterocycles. The summed E-state index contributed by atoms with van der Waals surface area (Å²) in [5.74, 6) is 0.902. The highest BCUT2D eigenvalue weighted by atomic mass is 127. The highest BCUT2D eigenvalue weighted by Crippen LogP contribution is 2.27. The molecular weight excluding hydrogens is 511 g/mol. The van der Waals surface area contributed by atoms with Gasteiger partial charge in [0.15, 0.2) is 5.96 Å². The molecule has 4 rings (SSSR count). The second-order valence-corrected chi connectivity index (χ2v) is 8.54. The fraction of sp³-hybridized carbons (Fsp3) is 0.423. The van der Waals surface area contributed by atoms with E-state index in [1.165, 1.54) is 0 Å². The van der Waals surface area contributed by atoms with E-state index in [4.69, 9.17) is 4.99 Å². The molecule has 2 aromatic rings. The van der Waals surface area contributed by atoms with Gasteiger partial charge in [-0.2, -0.15) is 0 Å². The van der Waals surface area contributed by atoms with Crippen LogP contribution in [0.15, 0.2) is 77.8 Å². The molecule has 1 saturated heterocycles. The van der Waals surface area contributed by atoms with Gasteiger partial charge in [-0.15, -0.1) is 24.0 Å². The van der Waals surface area contributed by atoms with E-state index < -0.39 is 5.60 Å². The first-order valence-corrected chi connectivity index (χ1v) is 11.4. The van der Waals surface area contributed by atoms with E-state index in [0.717, 1.165) is 56.2 Å². The Bertz CT molecular complexity index is 881. The number of guanidine groups is 1. The molecule has 32 heavy (non-hydrogen) atoms. The molecule has 0 saturated carbocycles. The number of hydrogen-bond acceptors (Lipinski definition) is 3. The fourth-order valence-electron chi connectivity index (χ4n) is 4.59. The topological polar surface area (TPSA) is 51.1 Å². The number of halogens is 1. The third kappa shape index (κ3) is 6.11. The average molecular weight is 546 g/mol. The van der Waals surface area contributed by atoms with Gasteiger partial charge in [0, 0.05) is 45.2 Å². The van der Waals surface area contributed by atoms with Gasteiger partial charge in [-0.1, -0.05) is 72.8 Å². The van der Waals surface area contributed by atoms with Crippen LogP contribution >= 0.6 is 24.0 Å². The van der Waals surface area contributed by atoms with Crippen LogP contribution in [0.4, 0.5) is 0 Å². The Morgan fingerprint density at radius 1 is 1.06 bits per heavy atom. The zero-order valence-electron chi connectivity index (χ0n) is 18.9. The Morgan fingerprint density at radius 3 is 2.38 bits per heavy atom. The van der Waals surface area contributed by atoms with Crippen LogP contribution in [0.5, 0.6) is 0 Å². The first-order valence-electron chi connectivity index (χ1n) is 11.4. The molecule has 172 valence electrons. The van der Waals surface area contributed by atoms with Crippen molar-refractivity contribution in [3.8, 4) is 0 Å². The van der Waals surface area contributed by atoms with Crippen molar-refractivity contribution in [3.05, 3.63) is 83.9 Å². The van der Waals surface area contributed by atoms with Crippen LogP contribution < -0.4 is 5.32 Å². The van der Waals surface area contributed by atoms with Gasteiger partial charge in [-0.25, -0.2) is 4.99 Å². The Kier molecular flexibility index (Phi) is 9.13. The standard InChI is InChI=1S/C26H34N4O.HI/c1-2-27-25(30-18-15-24(20-30)29-16-9-10-17-29)28-21-26(31,23-13-7-4-8-14-23)19-22-11-5-3-6-12-22;/h3-14,24,31H,2,15-21H2,1H3,(H,27,28);1H. The van der Waals surface area contributed by atoms with Crippen LogP contribution in [0, 0.1) is 0 Å². The molecule has 0 spiro atoms. The summed E-state index contributed by atoms with van der Waals surface area (Å²) in [4.78, 5) is 9.82. The summed E-state index contributed by atoms with van der Waals surface area (Å²) in [5.41, 5.74) is 0.957. The molecule has 0 amide bonds. The van der Waals surface area contributed by atoms with Gasteiger partial charge in [0.1, 0.15) is 5.60 Å². The Labute approximate surface area is 209 Å². The highest BCUT2D eigenvalue weighted by Gasteiger charge is 2.32. The minimum Gasteiger partial charge on any atom is -0.383 e. The number of benzene rings is 2. The van der Waals surface area contributed by atoms with Gasteiger partial charge in [0.2, 0.25) is 0 Å². The summed E-state index contributed by atoms with van der Waals surface area (Å²) in [6.45, 7) is 7.31. The molecular formula is C26H35IN4O. The van der Waals surface area contributed by atoms with Crippen molar-refractivity contribution in [1.29, 1.82) is 0 Å².